The molecular weight excluding hydrogens is 228 g/mol. The summed E-state index contributed by atoms with van der Waals surface area (Å²) in [5, 5.41) is 14.9. The molecule has 4 fully saturated rings. The van der Waals surface area contributed by atoms with E-state index in [0.29, 0.717) is 5.92 Å². The zero-order valence-corrected chi connectivity index (χ0v) is 10.9. The first-order valence-electron chi connectivity index (χ1n) is 7.01. The standard InChI is InChI=1S/C15H20OS/c16-15(11-1-2-17-8-11)14-12-4-9-3-10(6-12)7-13(14)5-9/h1-2,8-10,12-16H,3-7H2. The summed E-state index contributed by atoms with van der Waals surface area (Å²) < 4.78 is 0. The van der Waals surface area contributed by atoms with E-state index in [-0.39, 0.29) is 6.10 Å². The maximum absolute atomic E-state index is 10.6. The molecule has 17 heavy (non-hydrogen) atoms. The quantitative estimate of drug-likeness (QED) is 0.842. The Labute approximate surface area is 107 Å². The lowest BCUT2D eigenvalue weighted by Crippen LogP contribution is -2.47. The second-order valence-electron chi connectivity index (χ2n) is 6.51. The number of rotatable bonds is 2. The van der Waals surface area contributed by atoms with Crippen LogP contribution in [0.1, 0.15) is 43.8 Å². The monoisotopic (exact) mass is 248 g/mol. The highest BCUT2D eigenvalue weighted by atomic mass is 32.1. The molecule has 0 aliphatic heterocycles. The van der Waals surface area contributed by atoms with Gasteiger partial charge < -0.3 is 5.11 Å². The van der Waals surface area contributed by atoms with Gasteiger partial charge in [-0.2, -0.15) is 11.3 Å². The summed E-state index contributed by atoms with van der Waals surface area (Å²) in [4.78, 5) is 0. The molecule has 92 valence electrons. The van der Waals surface area contributed by atoms with Crippen LogP contribution in [0.3, 0.4) is 0 Å². The van der Waals surface area contributed by atoms with Crippen LogP contribution in [0.25, 0.3) is 0 Å². The topological polar surface area (TPSA) is 20.2 Å². The average Bonchev–Trinajstić information content (AvgIpc) is 2.80. The third-order valence-electron chi connectivity index (χ3n) is 5.55. The molecule has 0 saturated heterocycles. The lowest BCUT2D eigenvalue weighted by atomic mass is 9.50. The molecule has 4 bridgehead atoms. The van der Waals surface area contributed by atoms with E-state index in [1.807, 2.05) is 0 Å². The smallest absolute Gasteiger partial charge is 0.0831 e. The van der Waals surface area contributed by atoms with Crippen molar-refractivity contribution in [2.75, 3.05) is 0 Å². The Hall–Kier alpha value is -0.340. The molecule has 1 aromatic rings. The minimum Gasteiger partial charge on any atom is -0.388 e. The van der Waals surface area contributed by atoms with E-state index in [4.69, 9.17) is 0 Å². The first kappa shape index (κ1) is 10.6. The molecule has 1 heterocycles. The van der Waals surface area contributed by atoms with Crippen LogP contribution in [0.4, 0.5) is 0 Å². The van der Waals surface area contributed by atoms with E-state index in [9.17, 15) is 5.11 Å². The third kappa shape index (κ3) is 1.61. The van der Waals surface area contributed by atoms with Crippen molar-refractivity contribution in [1.29, 1.82) is 0 Å². The van der Waals surface area contributed by atoms with Gasteiger partial charge in [0.25, 0.3) is 0 Å². The van der Waals surface area contributed by atoms with Crippen molar-refractivity contribution in [3.8, 4) is 0 Å². The highest BCUT2D eigenvalue weighted by Gasteiger charge is 2.50. The van der Waals surface area contributed by atoms with Crippen LogP contribution < -0.4 is 0 Å². The number of aliphatic hydroxyl groups excluding tert-OH is 1. The van der Waals surface area contributed by atoms with Gasteiger partial charge in [-0.1, -0.05) is 0 Å². The van der Waals surface area contributed by atoms with Crippen LogP contribution in [0.15, 0.2) is 16.8 Å². The molecule has 4 aliphatic rings. The molecule has 5 rings (SSSR count). The van der Waals surface area contributed by atoms with Crippen LogP contribution in [-0.2, 0) is 0 Å². The normalized spacial score (nSPS) is 45.1. The molecule has 4 aliphatic carbocycles. The number of aliphatic hydroxyl groups is 1. The first-order valence-corrected chi connectivity index (χ1v) is 7.95. The Balaban J connectivity index is 1.62. The van der Waals surface area contributed by atoms with Crippen molar-refractivity contribution < 1.29 is 5.11 Å². The van der Waals surface area contributed by atoms with Crippen molar-refractivity contribution in [2.45, 2.75) is 38.2 Å². The zero-order valence-electron chi connectivity index (χ0n) is 10.1. The second kappa shape index (κ2) is 3.83. The van der Waals surface area contributed by atoms with Crippen molar-refractivity contribution in [3.63, 3.8) is 0 Å². The van der Waals surface area contributed by atoms with Crippen LogP contribution in [0.5, 0.6) is 0 Å². The minimum absolute atomic E-state index is 0.184. The summed E-state index contributed by atoms with van der Waals surface area (Å²) in [6.07, 6.45) is 6.92. The lowest BCUT2D eigenvalue weighted by molar-refractivity contribution is -0.0907. The minimum atomic E-state index is -0.184. The van der Waals surface area contributed by atoms with Crippen LogP contribution in [0.2, 0.25) is 0 Å². The molecule has 2 heteroatoms. The van der Waals surface area contributed by atoms with Gasteiger partial charge in [0.2, 0.25) is 0 Å². The number of hydrogen-bond acceptors (Lipinski definition) is 2. The summed E-state index contributed by atoms with van der Waals surface area (Å²) in [6.45, 7) is 0. The highest BCUT2D eigenvalue weighted by molar-refractivity contribution is 7.07. The second-order valence-corrected chi connectivity index (χ2v) is 7.29. The van der Waals surface area contributed by atoms with Crippen LogP contribution in [0, 0.1) is 29.6 Å². The third-order valence-corrected chi connectivity index (χ3v) is 6.25. The Morgan fingerprint density at radius 1 is 1.06 bits per heavy atom. The molecule has 0 aromatic carbocycles. The Morgan fingerprint density at radius 3 is 2.24 bits per heavy atom. The van der Waals surface area contributed by atoms with E-state index < -0.39 is 0 Å². The van der Waals surface area contributed by atoms with Gasteiger partial charge in [-0.3, -0.25) is 0 Å². The summed E-state index contributed by atoms with van der Waals surface area (Å²) >= 11 is 1.71. The average molecular weight is 248 g/mol. The molecule has 0 radical (unpaired) electrons. The molecule has 1 unspecified atom stereocenters. The molecule has 0 spiro atoms. The van der Waals surface area contributed by atoms with Gasteiger partial charge in [0.1, 0.15) is 0 Å². The van der Waals surface area contributed by atoms with Crippen molar-refractivity contribution in [3.05, 3.63) is 22.4 Å². The van der Waals surface area contributed by atoms with Gasteiger partial charge in [0, 0.05) is 0 Å². The highest BCUT2D eigenvalue weighted by Crippen LogP contribution is 2.59. The lowest BCUT2D eigenvalue weighted by Gasteiger charge is -2.55. The molecule has 1 nitrogen and oxygen atoms in total. The van der Waals surface area contributed by atoms with E-state index in [0.717, 1.165) is 23.7 Å². The molecule has 1 N–H and O–H groups in total. The summed E-state index contributed by atoms with van der Waals surface area (Å²) in [7, 11) is 0. The molecule has 4 saturated carbocycles. The fourth-order valence-corrected chi connectivity index (χ4v) is 5.84. The SMILES string of the molecule is OC(c1ccsc1)C1C2CC3CC(C2)CC1C3. The fourth-order valence-electron chi connectivity index (χ4n) is 5.15. The van der Waals surface area contributed by atoms with Gasteiger partial charge in [-0.05, 0) is 84.1 Å². The number of hydrogen-bond donors (Lipinski definition) is 1. The summed E-state index contributed by atoms with van der Waals surface area (Å²) in [6, 6.07) is 2.11. The van der Waals surface area contributed by atoms with Gasteiger partial charge in [0.05, 0.1) is 6.10 Å². The Kier molecular flexibility index (Phi) is 2.38. The van der Waals surface area contributed by atoms with Gasteiger partial charge in [-0.25, -0.2) is 0 Å². The predicted molar refractivity (Wildman–Crippen MR) is 69.8 cm³/mol. The Bertz CT molecular complexity index is 369. The number of thiophene rings is 1. The van der Waals surface area contributed by atoms with E-state index in [1.165, 1.54) is 37.7 Å². The summed E-state index contributed by atoms with van der Waals surface area (Å²) in [5.74, 6) is 4.21. The van der Waals surface area contributed by atoms with E-state index >= 15 is 0 Å². The van der Waals surface area contributed by atoms with Crippen LogP contribution in [-0.4, -0.2) is 5.11 Å². The zero-order chi connectivity index (χ0) is 11.4. The largest absolute Gasteiger partial charge is 0.388 e. The van der Waals surface area contributed by atoms with Crippen molar-refractivity contribution in [2.24, 2.45) is 29.6 Å². The van der Waals surface area contributed by atoms with Gasteiger partial charge in [0.15, 0.2) is 0 Å². The van der Waals surface area contributed by atoms with E-state index in [2.05, 4.69) is 16.8 Å². The molecule has 1 aromatic heterocycles. The Morgan fingerprint density at radius 2 is 1.71 bits per heavy atom. The molecule has 0 amide bonds. The first-order chi connectivity index (χ1) is 8.31. The van der Waals surface area contributed by atoms with Gasteiger partial charge in [-0.15, -0.1) is 0 Å². The van der Waals surface area contributed by atoms with E-state index in [1.54, 1.807) is 11.3 Å². The summed E-state index contributed by atoms with van der Waals surface area (Å²) in [5.41, 5.74) is 1.17. The van der Waals surface area contributed by atoms with Gasteiger partial charge >= 0.3 is 0 Å². The molecule has 1 atom stereocenters. The molecular formula is C15H20OS. The predicted octanol–water partition coefficient (Wildman–Crippen LogP) is 3.85. The van der Waals surface area contributed by atoms with Crippen molar-refractivity contribution in [1.82, 2.24) is 0 Å². The van der Waals surface area contributed by atoms with Crippen LogP contribution >= 0.6 is 11.3 Å². The maximum Gasteiger partial charge on any atom is 0.0831 e. The fraction of sp³-hybridized carbons (Fsp3) is 0.733. The maximum atomic E-state index is 10.6. The van der Waals surface area contributed by atoms with Crippen molar-refractivity contribution >= 4 is 11.3 Å².